The van der Waals surface area contributed by atoms with E-state index in [1.807, 2.05) is 0 Å². The van der Waals surface area contributed by atoms with Crippen molar-refractivity contribution in [2.75, 3.05) is 18.5 Å². The number of hydrogen-bond acceptors (Lipinski definition) is 6. The molecule has 1 fully saturated rings. The monoisotopic (exact) mass is 571 g/mol. The average Bonchev–Trinajstić information content (AvgIpc) is 2.83. The lowest BCUT2D eigenvalue weighted by molar-refractivity contribution is -0.125. The second kappa shape index (κ2) is 12.9. The number of anilines is 1. The van der Waals surface area contributed by atoms with Crippen LogP contribution in [0.5, 0.6) is 11.5 Å². The van der Waals surface area contributed by atoms with Crippen molar-refractivity contribution in [1.29, 1.82) is 0 Å². The van der Waals surface area contributed by atoms with Gasteiger partial charge in [0.25, 0.3) is 5.91 Å². The first kappa shape index (κ1) is 29.9. The van der Waals surface area contributed by atoms with Crippen molar-refractivity contribution >= 4 is 35.2 Å². The Morgan fingerprint density at radius 2 is 1.85 bits per heavy atom. The van der Waals surface area contributed by atoms with E-state index in [1.54, 1.807) is 20.8 Å². The summed E-state index contributed by atoms with van der Waals surface area (Å²) in [7, 11) is 0. The SMILES string of the molecule is CC(C)(C)OC(=O)N1C[C@@H](NC(=O)COc2ccc(Cl)c(F)c2)CC[C@@H]1C(=O)Nc1cccc(OC(F)F)c1. The largest absolute Gasteiger partial charge is 0.484 e. The fourth-order valence-electron chi connectivity index (χ4n) is 3.84. The van der Waals surface area contributed by atoms with Crippen molar-refractivity contribution in [3.8, 4) is 11.5 Å². The molecule has 0 bridgehead atoms. The number of ether oxygens (including phenoxy) is 3. The standard InChI is InChI=1S/C26H29ClF3N3O6/c1-26(2,3)39-25(36)33-13-16(31-22(34)14-37-17-8-9-19(27)20(28)12-17)7-10-21(33)23(35)32-15-5-4-6-18(11-15)38-24(29)30/h4-6,8-9,11-12,16,21,24H,7,10,13-14H2,1-3H3,(H,31,34)(H,32,35)/t16-,21+/m0/s1. The Hall–Kier alpha value is -3.67. The highest BCUT2D eigenvalue weighted by Gasteiger charge is 2.38. The molecule has 1 saturated heterocycles. The fourth-order valence-corrected chi connectivity index (χ4v) is 3.96. The van der Waals surface area contributed by atoms with Gasteiger partial charge >= 0.3 is 12.7 Å². The summed E-state index contributed by atoms with van der Waals surface area (Å²) < 4.78 is 53.8. The zero-order chi connectivity index (χ0) is 28.7. The zero-order valence-electron chi connectivity index (χ0n) is 21.5. The van der Waals surface area contributed by atoms with E-state index in [2.05, 4.69) is 15.4 Å². The molecule has 9 nitrogen and oxygen atoms in total. The molecule has 1 aliphatic rings. The smallest absolute Gasteiger partial charge is 0.411 e. The van der Waals surface area contributed by atoms with Crippen LogP contribution in [0.3, 0.4) is 0 Å². The van der Waals surface area contributed by atoms with Gasteiger partial charge in [0.05, 0.1) is 5.02 Å². The number of hydrogen-bond donors (Lipinski definition) is 2. The van der Waals surface area contributed by atoms with Gasteiger partial charge in [-0.15, -0.1) is 0 Å². The number of likely N-dealkylation sites (tertiary alicyclic amines) is 1. The van der Waals surface area contributed by atoms with Gasteiger partial charge in [-0.3, -0.25) is 14.5 Å². The van der Waals surface area contributed by atoms with Gasteiger partial charge in [-0.2, -0.15) is 8.78 Å². The maximum absolute atomic E-state index is 13.6. The van der Waals surface area contributed by atoms with Crippen LogP contribution in [0.2, 0.25) is 5.02 Å². The van der Waals surface area contributed by atoms with Gasteiger partial charge in [-0.05, 0) is 57.9 Å². The third-order valence-corrected chi connectivity index (χ3v) is 5.77. The van der Waals surface area contributed by atoms with Crippen LogP contribution < -0.4 is 20.1 Å². The van der Waals surface area contributed by atoms with Crippen molar-refractivity contribution in [1.82, 2.24) is 10.2 Å². The number of nitrogens with zero attached hydrogens (tertiary/aromatic N) is 1. The summed E-state index contributed by atoms with van der Waals surface area (Å²) in [5.41, 5.74) is -0.648. The van der Waals surface area contributed by atoms with Gasteiger partial charge in [0.2, 0.25) is 5.91 Å². The minimum atomic E-state index is -3.03. The fraction of sp³-hybridized carbons (Fsp3) is 0.423. The summed E-state index contributed by atoms with van der Waals surface area (Å²) >= 11 is 5.64. The van der Waals surface area contributed by atoms with Crippen LogP contribution >= 0.6 is 11.6 Å². The van der Waals surface area contributed by atoms with E-state index >= 15 is 0 Å². The number of carbonyl (C=O) groups is 3. The van der Waals surface area contributed by atoms with E-state index in [0.29, 0.717) is 6.42 Å². The first-order valence-electron chi connectivity index (χ1n) is 12.0. The second-order valence-electron chi connectivity index (χ2n) is 9.75. The number of rotatable bonds is 8. The molecule has 212 valence electrons. The molecular weight excluding hydrogens is 543 g/mol. The molecule has 1 aliphatic heterocycles. The quantitative estimate of drug-likeness (QED) is 0.463. The Balaban J connectivity index is 1.66. The molecule has 0 spiro atoms. The third kappa shape index (κ3) is 9.24. The van der Waals surface area contributed by atoms with Crippen molar-refractivity contribution in [2.24, 2.45) is 0 Å². The molecule has 1 heterocycles. The number of halogens is 4. The van der Waals surface area contributed by atoms with Gasteiger partial charge < -0.3 is 24.8 Å². The number of alkyl halides is 2. The molecule has 0 unspecified atom stereocenters. The van der Waals surface area contributed by atoms with Crippen molar-refractivity contribution in [2.45, 2.75) is 57.9 Å². The lowest BCUT2D eigenvalue weighted by Gasteiger charge is -2.39. The second-order valence-corrected chi connectivity index (χ2v) is 10.2. The molecule has 0 saturated carbocycles. The molecule has 3 amide bonds. The van der Waals surface area contributed by atoms with Crippen molar-refractivity contribution in [3.05, 3.63) is 53.3 Å². The molecular formula is C26H29ClF3N3O6. The Morgan fingerprint density at radius 3 is 2.51 bits per heavy atom. The topological polar surface area (TPSA) is 106 Å². The summed E-state index contributed by atoms with van der Waals surface area (Å²) in [6, 6.07) is 7.77. The number of amides is 3. The molecule has 2 aromatic carbocycles. The van der Waals surface area contributed by atoms with Crippen LogP contribution in [-0.4, -0.2) is 60.3 Å². The number of piperidine rings is 1. The highest BCUT2D eigenvalue weighted by molar-refractivity contribution is 6.30. The van der Waals surface area contributed by atoms with Crippen molar-refractivity contribution < 1.29 is 41.8 Å². The van der Waals surface area contributed by atoms with E-state index in [-0.39, 0.29) is 35.2 Å². The third-order valence-electron chi connectivity index (χ3n) is 5.47. The van der Waals surface area contributed by atoms with Crippen LogP contribution in [0.25, 0.3) is 0 Å². The Kier molecular flexibility index (Phi) is 9.90. The average molecular weight is 572 g/mol. The van der Waals surface area contributed by atoms with E-state index < -0.39 is 54.6 Å². The summed E-state index contributed by atoms with van der Waals surface area (Å²) in [5, 5.41) is 5.28. The first-order chi connectivity index (χ1) is 18.3. The van der Waals surface area contributed by atoms with Gasteiger partial charge in [0, 0.05) is 30.4 Å². The first-order valence-corrected chi connectivity index (χ1v) is 12.4. The van der Waals surface area contributed by atoms with Gasteiger partial charge in [0.15, 0.2) is 6.61 Å². The van der Waals surface area contributed by atoms with Crippen LogP contribution in [0.15, 0.2) is 42.5 Å². The van der Waals surface area contributed by atoms with E-state index in [4.69, 9.17) is 21.1 Å². The highest BCUT2D eigenvalue weighted by atomic mass is 35.5. The maximum Gasteiger partial charge on any atom is 0.411 e. The minimum absolute atomic E-state index is 0.0388. The lowest BCUT2D eigenvalue weighted by Crippen LogP contribution is -2.58. The lowest BCUT2D eigenvalue weighted by atomic mass is 9.97. The number of benzene rings is 2. The van der Waals surface area contributed by atoms with Gasteiger partial charge in [-0.1, -0.05) is 17.7 Å². The molecule has 2 atom stereocenters. The maximum atomic E-state index is 13.6. The Labute approximate surface area is 228 Å². The van der Waals surface area contributed by atoms with Gasteiger partial charge in [0.1, 0.15) is 29.0 Å². The molecule has 3 rings (SSSR count). The number of carbonyl (C=O) groups excluding carboxylic acids is 3. The van der Waals surface area contributed by atoms with E-state index in [0.717, 1.165) is 6.07 Å². The van der Waals surface area contributed by atoms with Crippen LogP contribution in [0.1, 0.15) is 33.6 Å². The normalized spacial score (nSPS) is 17.4. The number of nitrogens with one attached hydrogen (secondary N) is 2. The molecule has 13 heteroatoms. The van der Waals surface area contributed by atoms with E-state index in [1.165, 1.54) is 41.3 Å². The molecule has 0 radical (unpaired) electrons. The Morgan fingerprint density at radius 1 is 1.10 bits per heavy atom. The highest BCUT2D eigenvalue weighted by Crippen LogP contribution is 2.25. The predicted octanol–water partition coefficient (Wildman–Crippen LogP) is 4.98. The molecule has 0 aromatic heterocycles. The molecule has 2 N–H and O–H groups in total. The molecule has 2 aromatic rings. The summed E-state index contributed by atoms with van der Waals surface area (Å²) in [6.45, 7) is 1.55. The molecule has 39 heavy (non-hydrogen) atoms. The summed E-state index contributed by atoms with van der Waals surface area (Å²) in [5.74, 6) is -1.79. The zero-order valence-corrected chi connectivity index (χ0v) is 22.3. The summed E-state index contributed by atoms with van der Waals surface area (Å²) in [4.78, 5) is 39.8. The van der Waals surface area contributed by atoms with Crippen molar-refractivity contribution in [3.63, 3.8) is 0 Å². The Bertz CT molecular complexity index is 1190. The van der Waals surface area contributed by atoms with Crippen LogP contribution in [-0.2, 0) is 14.3 Å². The minimum Gasteiger partial charge on any atom is -0.484 e. The summed E-state index contributed by atoms with van der Waals surface area (Å²) in [6.07, 6.45) is -0.246. The van der Waals surface area contributed by atoms with E-state index in [9.17, 15) is 27.6 Å². The van der Waals surface area contributed by atoms with Crippen LogP contribution in [0.4, 0.5) is 23.7 Å². The van der Waals surface area contributed by atoms with Gasteiger partial charge in [-0.25, -0.2) is 9.18 Å². The molecule has 0 aliphatic carbocycles. The predicted molar refractivity (Wildman–Crippen MR) is 137 cm³/mol. The van der Waals surface area contributed by atoms with Crippen LogP contribution in [0, 0.1) is 5.82 Å².